The molecule has 0 aromatic heterocycles. The summed E-state index contributed by atoms with van der Waals surface area (Å²) >= 11 is 4.06. The van der Waals surface area contributed by atoms with Crippen LogP contribution in [-0.4, -0.2) is 47.5 Å². The van der Waals surface area contributed by atoms with Gasteiger partial charge in [-0.2, -0.15) is 0 Å². The summed E-state index contributed by atoms with van der Waals surface area (Å²) in [6.45, 7) is 4.17. The van der Waals surface area contributed by atoms with Crippen LogP contribution in [0.2, 0.25) is 0 Å². The Labute approximate surface area is 182 Å². The molecule has 0 spiro atoms. The smallest absolute Gasteiger partial charge is 0.220 e. The molecular formula is C24H33BrN2O2. The van der Waals surface area contributed by atoms with Crippen molar-refractivity contribution in [3.05, 3.63) is 35.9 Å². The van der Waals surface area contributed by atoms with Crippen molar-refractivity contribution in [1.82, 2.24) is 10.2 Å². The van der Waals surface area contributed by atoms with E-state index in [0.717, 1.165) is 38.1 Å². The lowest BCUT2D eigenvalue weighted by Gasteiger charge is -2.60. The average Bonchev–Trinajstić information content (AvgIpc) is 2.65. The predicted molar refractivity (Wildman–Crippen MR) is 118 cm³/mol. The number of rotatable bonds is 6. The van der Waals surface area contributed by atoms with Crippen LogP contribution < -0.4 is 5.32 Å². The second-order valence-electron chi connectivity index (χ2n) is 10.3. The summed E-state index contributed by atoms with van der Waals surface area (Å²) in [5.74, 6) is 1.89. The molecule has 5 heteroatoms. The largest absolute Gasteiger partial charge is 0.374 e. The molecule has 5 fully saturated rings. The van der Waals surface area contributed by atoms with Crippen LogP contribution in [0.3, 0.4) is 0 Å². The van der Waals surface area contributed by atoms with Gasteiger partial charge in [0.05, 0.1) is 12.7 Å². The molecule has 4 aliphatic carbocycles. The summed E-state index contributed by atoms with van der Waals surface area (Å²) in [6, 6.07) is 10.6. The number of amides is 1. The Kier molecular flexibility index (Phi) is 5.50. The van der Waals surface area contributed by atoms with Crippen molar-refractivity contribution in [2.45, 2.75) is 61.9 Å². The molecule has 3 atom stereocenters. The van der Waals surface area contributed by atoms with Gasteiger partial charge in [-0.15, -0.1) is 0 Å². The number of hydrogen-bond acceptors (Lipinski definition) is 3. The third kappa shape index (κ3) is 4.57. The van der Waals surface area contributed by atoms with Crippen LogP contribution >= 0.6 is 15.9 Å². The number of benzene rings is 1. The lowest BCUT2D eigenvalue weighted by atomic mass is 9.48. The molecule has 1 aromatic rings. The van der Waals surface area contributed by atoms with Gasteiger partial charge in [0, 0.05) is 36.9 Å². The third-order valence-electron chi connectivity index (χ3n) is 7.65. The van der Waals surface area contributed by atoms with E-state index >= 15 is 0 Å². The Morgan fingerprint density at radius 3 is 2.66 bits per heavy atom. The van der Waals surface area contributed by atoms with Crippen LogP contribution in [0.5, 0.6) is 0 Å². The Bertz CT molecular complexity index is 726. The van der Waals surface area contributed by atoms with Gasteiger partial charge in [-0.05, 0) is 61.3 Å². The summed E-state index contributed by atoms with van der Waals surface area (Å²) in [5.41, 5.74) is 1.58. The number of carbonyl (C=O) groups excluding carboxylic acids is 1. The van der Waals surface area contributed by atoms with Crippen LogP contribution in [0, 0.1) is 17.3 Å². The maximum atomic E-state index is 12.9. The van der Waals surface area contributed by atoms with Crippen molar-refractivity contribution in [2.24, 2.45) is 17.3 Å². The molecule has 1 heterocycles. The zero-order chi connectivity index (χ0) is 19.9. The van der Waals surface area contributed by atoms with E-state index in [1.165, 1.54) is 44.1 Å². The number of hydrogen-bond donors (Lipinski definition) is 1. The first-order chi connectivity index (χ1) is 14.0. The minimum absolute atomic E-state index is 0.0929. The van der Waals surface area contributed by atoms with Gasteiger partial charge < -0.3 is 10.1 Å². The molecule has 6 rings (SSSR count). The number of carbonyl (C=O) groups is 1. The van der Waals surface area contributed by atoms with Gasteiger partial charge in [-0.1, -0.05) is 46.3 Å². The lowest BCUT2D eigenvalue weighted by molar-refractivity contribution is -0.129. The van der Waals surface area contributed by atoms with E-state index in [4.69, 9.17) is 4.74 Å². The van der Waals surface area contributed by atoms with E-state index in [0.29, 0.717) is 17.3 Å². The van der Waals surface area contributed by atoms with E-state index < -0.39 is 0 Å². The summed E-state index contributed by atoms with van der Waals surface area (Å²) in [4.78, 5) is 15.3. The van der Waals surface area contributed by atoms with Crippen LogP contribution in [0.1, 0.15) is 50.5 Å². The minimum atomic E-state index is 0.0929. The number of alkyl halides is 1. The van der Waals surface area contributed by atoms with E-state index in [1.54, 1.807) is 0 Å². The zero-order valence-electron chi connectivity index (χ0n) is 17.2. The topological polar surface area (TPSA) is 41.6 Å². The Morgan fingerprint density at radius 1 is 1.17 bits per heavy atom. The average molecular weight is 461 g/mol. The van der Waals surface area contributed by atoms with Crippen molar-refractivity contribution in [1.29, 1.82) is 0 Å². The molecule has 5 aliphatic rings. The molecule has 0 radical (unpaired) electrons. The monoisotopic (exact) mass is 460 g/mol. The van der Waals surface area contributed by atoms with Gasteiger partial charge in [0.15, 0.2) is 0 Å². The molecule has 1 aromatic carbocycles. The van der Waals surface area contributed by atoms with Crippen molar-refractivity contribution in [3.8, 4) is 0 Å². The van der Waals surface area contributed by atoms with Crippen LogP contribution in [-0.2, 0) is 16.1 Å². The summed E-state index contributed by atoms with van der Waals surface area (Å²) in [7, 11) is 0. The van der Waals surface area contributed by atoms with Crippen molar-refractivity contribution < 1.29 is 9.53 Å². The maximum absolute atomic E-state index is 12.9. The van der Waals surface area contributed by atoms with Crippen molar-refractivity contribution in [2.75, 3.05) is 26.2 Å². The molecule has 3 unspecified atom stereocenters. The molecule has 4 bridgehead atoms. The summed E-state index contributed by atoms with van der Waals surface area (Å²) in [5, 5.41) is 3.22. The molecule has 4 nitrogen and oxygen atoms in total. The van der Waals surface area contributed by atoms with Gasteiger partial charge in [0.25, 0.3) is 0 Å². The Balaban J connectivity index is 1.11. The summed E-state index contributed by atoms with van der Waals surface area (Å²) in [6.07, 6.45) is 8.53. The molecular weight excluding hydrogens is 428 g/mol. The quantitative estimate of drug-likeness (QED) is 0.648. The molecule has 1 N–H and O–H groups in total. The van der Waals surface area contributed by atoms with Gasteiger partial charge >= 0.3 is 0 Å². The van der Waals surface area contributed by atoms with E-state index in [-0.39, 0.29) is 17.4 Å². The number of nitrogens with zero attached hydrogens (tertiary/aromatic N) is 1. The van der Waals surface area contributed by atoms with Crippen molar-refractivity contribution >= 4 is 21.8 Å². The molecule has 4 saturated carbocycles. The van der Waals surface area contributed by atoms with E-state index in [1.807, 2.05) is 0 Å². The highest BCUT2D eigenvalue weighted by Crippen LogP contribution is 2.65. The van der Waals surface area contributed by atoms with Crippen LogP contribution in [0.15, 0.2) is 30.3 Å². The van der Waals surface area contributed by atoms with Gasteiger partial charge in [-0.3, -0.25) is 9.69 Å². The van der Waals surface area contributed by atoms with Gasteiger partial charge in [-0.25, -0.2) is 0 Å². The fourth-order valence-electron chi connectivity index (χ4n) is 7.06. The zero-order valence-corrected chi connectivity index (χ0v) is 18.8. The fraction of sp³-hybridized carbons (Fsp3) is 0.708. The van der Waals surface area contributed by atoms with E-state index in [9.17, 15) is 4.79 Å². The highest BCUT2D eigenvalue weighted by Gasteiger charge is 2.57. The standard InChI is InChI=1S/C24H33BrN2O2/c25-24-11-19-8-20(12-24)10-23(9-19,17-24)13-22(28)26-14-21-16-27(6-7-29-21)15-18-4-2-1-3-5-18/h1-5,19-21H,6-17H2,(H,26,28). The second kappa shape index (κ2) is 7.97. The van der Waals surface area contributed by atoms with Gasteiger partial charge in [0.1, 0.15) is 0 Å². The first-order valence-corrected chi connectivity index (χ1v) is 12.1. The minimum Gasteiger partial charge on any atom is -0.374 e. The second-order valence-corrected chi connectivity index (χ2v) is 12.0. The first-order valence-electron chi connectivity index (χ1n) is 11.3. The fourth-order valence-corrected chi connectivity index (χ4v) is 8.57. The number of nitrogens with one attached hydrogen (secondary N) is 1. The molecule has 1 amide bonds. The third-order valence-corrected chi connectivity index (χ3v) is 8.57. The highest BCUT2D eigenvalue weighted by atomic mass is 79.9. The number of halogens is 1. The van der Waals surface area contributed by atoms with Crippen molar-refractivity contribution in [3.63, 3.8) is 0 Å². The Hall–Kier alpha value is -0.910. The highest BCUT2D eigenvalue weighted by molar-refractivity contribution is 9.10. The lowest BCUT2D eigenvalue weighted by Crippen LogP contribution is -2.54. The van der Waals surface area contributed by atoms with Crippen LogP contribution in [0.25, 0.3) is 0 Å². The molecule has 29 heavy (non-hydrogen) atoms. The van der Waals surface area contributed by atoms with Crippen LogP contribution in [0.4, 0.5) is 0 Å². The summed E-state index contributed by atoms with van der Waals surface area (Å²) < 4.78 is 6.26. The first kappa shape index (κ1) is 20.0. The maximum Gasteiger partial charge on any atom is 0.220 e. The number of morpholine rings is 1. The molecule has 1 aliphatic heterocycles. The molecule has 1 saturated heterocycles. The number of ether oxygens (including phenoxy) is 1. The molecule has 158 valence electrons. The normalized spacial score (nSPS) is 38.9. The SMILES string of the molecule is O=C(CC12CC3CC(CC(Br)(C3)C1)C2)NCC1CN(Cc2ccccc2)CCO1. The predicted octanol–water partition coefficient (Wildman–Crippen LogP) is 4.13. The van der Waals surface area contributed by atoms with E-state index in [2.05, 4.69) is 56.5 Å². The van der Waals surface area contributed by atoms with Gasteiger partial charge in [0.2, 0.25) is 5.91 Å². The Morgan fingerprint density at radius 2 is 1.93 bits per heavy atom.